The maximum atomic E-state index is 11.8. The summed E-state index contributed by atoms with van der Waals surface area (Å²) in [6.45, 7) is 7.48. The van der Waals surface area contributed by atoms with E-state index >= 15 is 0 Å². The van der Waals surface area contributed by atoms with E-state index < -0.39 is 11.5 Å². The second-order valence-electron chi connectivity index (χ2n) is 6.43. The van der Waals surface area contributed by atoms with Gasteiger partial charge in [0.25, 0.3) is 0 Å². The van der Waals surface area contributed by atoms with Gasteiger partial charge in [0.1, 0.15) is 11.4 Å². The molecule has 0 aliphatic heterocycles. The molecule has 23 heavy (non-hydrogen) atoms. The first-order valence-electron chi connectivity index (χ1n) is 7.61. The van der Waals surface area contributed by atoms with Crippen LogP contribution in [0.2, 0.25) is 0 Å². The molecule has 0 saturated heterocycles. The number of hydrogen-bond donors (Lipinski definition) is 1. The van der Waals surface area contributed by atoms with Gasteiger partial charge in [-0.3, -0.25) is 0 Å². The summed E-state index contributed by atoms with van der Waals surface area (Å²) in [4.78, 5) is 16.6. The van der Waals surface area contributed by atoms with Gasteiger partial charge in [0.05, 0.1) is 11.0 Å². The van der Waals surface area contributed by atoms with Crippen LogP contribution in [0.1, 0.15) is 25.0 Å². The highest BCUT2D eigenvalue weighted by atomic mass is 16.4. The van der Waals surface area contributed by atoms with Gasteiger partial charge in [-0.05, 0) is 51.0 Å². The smallest absolute Gasteiger partial charge is 0.329 e. The highest BCUT2D eigenvalue weighted by Gasteiger charge is 2.33. The molecule has 0 fully saturated rings. The fourth-order valence-electron chi connectivity index (χ4n) is 2.77. The van der Waals surface area contributed by atoms with Crippen molar-refractivity contribution in [1.82, 2.24) is 9.55 Å². The Labute approximate surface area is 135 Å². The summed E-state index contributed by atoms with van der Waals surface area (Å²) in [6, 6.07) is 13.8. The van der Waals surface area contributed by atoms with E-state index in [1.165, 1.54) is 0 Å². The van der Waals surface area contributed by atoms with Crippen LogP contribution in [0.15, 0.2) is 42.5 Å². The quantitative estimate of drug-likeness (QED) is 0.791. The van der Waals surface area contributed by atoms with Gasteiger partial charge < -0.3 is 9.67 Å². The van der Waals surface area contributed by atoms with Gasteiger partial charge in [-0.1, -0.05) is 30.3 Å². The number of carbonyl (C=O) groups is 1. The van der Waals surface area contributed by atoms with E-state index in [1.807, 2.05) is 60.9 Å². The molecule has 1 N–H and O–H groups in total. The zero-order valence-corrected chi connectivity index (χ0v) is 13.8. The molecule has 1 heterocycles. The lowest BCUT2D eigenvalue weighted by molar-refractivity contribution is -0.145. The average Bonchev–Trinajstić information content (AvgIpc) is 2.87. The van der Waals surface area contributed by atoms with Crippen molar-refractivity contribution < 1.29 is 9.90 Å². The van der Waals surface area contributed by atoms with E-state index in [0.717, 1.165) is 27.7 Å². The van der Waals surface area contributed by atoms with Crippen molar-refractivity contribution in [1.29, 1.82) is 0 Å². The fraction of sp³-hybridized carbons (Fsp3) is 0.263. The van der Waals surface area contributed by atoms with E-state index in [1.54, 1.807) is 13.8 Å². The first kappa shape index (κ1) is 15.3. The molecular formula is C19H20N2O2. The molecule has 0 aliphatic carbocycles. The minimum absolute atomic E-state index is 0.679. The van der Waals surface area contributed by atoms with Crippen LogP contribution in [0.25, 0.3) is 22.4 Å². The fourth-order valence-corrected chi connectivity index (χ4v) is 2.77. The van der Waals surface area contributed by atoms with Crippen molar-refractivity contribution in [2.75, 3.05) is 0 Å². The Balaban J connectivity index is 2.42. The van der Waals surface area contributed by atoms with Crippen LogP contribution in [0.5, 0.6) is 0 Å². The van der Waals surface area contributed by atoms with Gasteiger partial charge in [0, 0.05) is 5.56 Å². The SMILES string of the molecule is Cc1cc2nc(-c3ccccc3)n(C(C)(C)C(=O)O)c2cc1C. The number of rotatable bonds is 3. The average molecular weight is 308 g/mol. The molecule has 1 aromatic heterocycles. The van der Waals surface area contributed by atoms with Crippen molar-refractivity contribution in [3.05, 3.63) is 53.6 Å². The number of aromatic nitrogens is 2. The standard InChI is InChI=1S/C19H20N2O2/c1-12-10-15-16(11-13(12)2)21(19(3,4)18(22)23)17(20-15)14-8-6-5-7-9-14/h5-11H,1-4H3,(H,22,23). The molecular weight excluding hydrogens is 288 g/mol. The summed E-state index contributed by atoms with van der Waals surface area (Å²) < 4.78 is 1.83. The first-order valence-corrected chi connectivity index (χ1v) is 7.61. The maximum Gasteiger partial charge on any atom is 0.329 e. The molecule has 0 unspecified atom stereocenters. The molecule has 3 aromatic rings. The van der Waals surface area contributed by atoms with Crippen LogP contribution < -0.4 is 0 Å². The summed E-state index contributed by atoms with van der Waals surface area (Å²) in [7, 11) is 0. The van der Waals surface area contributed by atoms with E-state index in [0.29, 0.717) is 5.82 Å². The summed E-state index contributed by atoms with van der Waals surface area (Å²) in [6.07, 6.45) is 0. The molecule has 0 saturated carbocycles. The predicted molar refractivity (Wildman–Crippen MR) is 91.6 cm³/mol. The van der Waals surface area contributed by atoms with E-state index in [-0.39, 0.29) is 0 Å². The lowest BCUT2D eigenvalue weighted by atomic mass is 10.0. The molecule has 0 radical (unpaired) electrons. The summed E-state index contributed by atoms with van der Waals surface area (Å²) in [5.41, 5.74) is 3.75. The Bertz CT molecular complexity index is 893. The second-order valence-corrected chi connectivity index (χ2v) is 6.43. The van der Waals surface area contributed by atoms with E-state index in [4.69, 9.17) is 4.98 Å². The maximum absolute atomic E-state index is 11.8. The topological polar surface area (TPSA) is 55.1 Å². The summed E-state index contributed by atoms with van der Waals surface area (Å²) in [5.74, 6) is -0.204. The van der Waals surface area contributed by atoms with Gasteiger partial charge in [0.2, 0.25) is 0 Å². The molecule has 0 bridgehead atoms. The van der Waals surface area contributed by atoms with Gasteiger partial charge in [-0.2, -0.15) is 0 Å². The molecule has 0 amide bonds. The number of fused-ring (bicyclic) bond motifs is 1. The highest BCUT2D eigenvalue weighted by Crippen LogP contribution is 2.32. The predicted octanol–water partition coefficient (Wildman–Crippen LogP) is 4.14. The molecule has 4 heteroatoms. The molecule has 118 valence electrons. The molecule has 0 atom stereocenters. The van der Waals surface area contributed by atoms with Crippen LogP contribution in [0.3, 0.4) is 0 Å². The van der Waals surface area contributed by atoms with Crippen molar-refractivity contribution in [2.45, 2.75) is 33.2 Å². The Morgan fingerprint density at radius 2 is 1.70 bits per heavy atom. The number of benzene rings is 2. The van der Waals surface area contributed by atoms with Crippen molar-refractivity contribution in [2.24, 2.45) is 0 Å². The monoisotopic (exact) mass is 308 g/mol. The van der Waals surface area contributed by atoms with Crippen LogP contribution in [0.4, 0.5) is 0 Å². The normalized spacial score (nSPS) is 11.8. The number of imidazole rings is 1. The van der Waals surface area contributed by atoms with Crippen molar-refractivity contribution in [3.63, 3.8) is 0 Å². The minimum Gasteiger partial charge on any atom is -0.480 e. The van der Waals surface area contributed by atoms with Crippen LogP contribution >= 0.6 is 0 Å². The highest BCUT2D eigenvalue weighted by molar-refractivity contribution is 5.87. The Kier molecular flexibility index (Phi) is 3.48. The van der Waals surface area contributed by atoms with Crippen LogP contribution in [0, 0.1) is 13.8 Å². The van der Waals surface area contributed by atoms with Crippen LogP contribution in [-0.4, -0.2) is 20.6 Å². The molecule has 2 aromatic carbocycles. The largest absolute Gasteiger partial charge is 0.480 e. The second kappa shape index (κ2) is 5.23. The van der Waals surface area contributed by atoms with Crippen LogP contribution in [-0.2, 0) is 10.3 Å². The number of aliphatic carboxylic acids is 1. The lowest BCUT2D eigenvalue weighted by Crippen LogP contribution is -2.36. The Morgan fingerprint density at radius 1 is 1.09 bits per heavy atom. The minimum atomic E-state index is -1.10. The third-order valence-corrected chi connectivity index (χ3v) is 4.38. The molecule has 3 rings (SSSR count). The number of nitrogens with zero attached hydrogens (tertiary/aromatic N) is 2. The van der Waals surface area contributed by atoms with E-state index in [2.05, 4.69) is 0 Å². The molecule has 0 spiro atoms. The first-order chi connectivity index (χ1) is 10.8. The summed E-state index contributed by atoms with van der Waals surface area (Å²) >= 11 is 0. The molecule has 4 nitrogen and oxygen atoms in total. The summed E-state index contributed by atoms with van der Waals surface area (Å²) in [5, 5.41) is 9.72. The number of hydrogen-bond acceptors (Lipinski definition) is 2. The zero-order chi connectivity index (χ0) is 16.8. The van der Waals surface area contributed by atoms with E-state index in [9.17, 15) is 9.90 Å². The van der Waals surface area contributed by atoms with Crippen molar-refractivity contribution >= 4 is 17.0 Å². The number of carboxylic acid groups (broad SMARTS) is 1. The van der Waals surface area contributed by atoms with Crippen molar-refractivity contribution in [3.8, 4) is 11.4 Å². The lowest BCUT2D eigenvalue weighted by Gasteiger charge is -2.25. The van der Waals surface area contributed by atoms with Gasteiger partial charge in [0.15, 0.2) is 0 Å². The Morgan fingerprint density at radius 3 is 2.30 bits per heavy atom. The number of aryl methyl sites for hydroxylation is 2. The van der Waals surface area contributed by atoms with Gasteiger partial charge in [-0.25, -0.2) is 9.78 Å². The van der Waals surface area contributed by atoms with Gasteiger partial charge in [-0.15, -0.1) is 0 Å². The van der Waals surface area contributed by atoms with Gasteiger partial charge >= 0.3 is 5.97 Å². The molecule has 0 aliphatic rings. The Hall–Kier alpha value is -2.62. The third kappa shape index (κ3) is 2.40. The third-order valence-electron chi connectivity index (χ3n) is 4.38. The zero-order valence-electron chi connectivity index (χ0n) is 13.8. The number of carboxylic acids is 1.